The standard InChI is InChI=1S/C20H16N6O4S2/c27-18(13-26-19(28)6-5-17(24-26)14-7-9-21-10-8-14)23-15-1-3-16(4-2-15)32(29,30)25-20-22-11-12-31-20/h1-12H,13H2,(H,22,25)(H,23,27). The third-order valence-electron chi connectivity index (χ3n) is 4.24. The molecule has 0 spiro atoms. The summed E-state index contributed by atoms with van der Waals surface area (Å²) in [5, 5.41) is 8.77. The summed E-state index contributed by atoms with van der Waals surface area (Å²) in [6, 6.07) is 12.0. The minimum Gasteiger partial charge on any atom is -0.324 e. The fourth-order valence-corrected chi connectivity index (χ4v) is 4.53. The van der Waals surface area contributed by atoms with Gasteiger partial charge in [-0.25, -0.2) is 18.1 Å². The summed E-state index contributed by atoms with van der Waals surface area (Å²) in [4.78, 5) is 32.4. The van der Waals surface area contributed by atoms with Gasteiger partial charge < -0.3 is 5.32 Å². The summed E-state index contributed by atoms with van der Waals surface area (Å²) >= 11 is 1.16. The number of nitrogens with one attached hydrogen (secondary N) is 2. The molecule has 0 saturated carbocycles. The summed E-state index contributed by atoms with van der Waals surface area (Å²) < 4.78 is 28.2. The van der Waals surface area contributed by atoms with Crippen LogP contribution < -0.4 is 15.6 Å². The molecule has 162 valence electrons. The molecule has 3 heterocycles. The van der Waals surface area contributed by atoms with Crippen molar-refractivity contribution in [2.24, 2.45) is 0 Å². The normalized spacial score (nSPS) is 11.1. The van der Waals surface area contributed by atoms with Crippen molar-refractivity contribution in [1.29, 1.82) is 0 Å². The Morgan fingerprint density at radius 3 is 2.44 bits per heavy atom. The number of hydrogen-bond acceptors (Lipinski definition) is 8. The average molecular weight is 469 g/mol. The van der Waals surface area contributed by atoms with Crippen molar-refractivity contribution in [2.75, 3.05) is 10.0 Å². The Hall–Kier alpha value is -3.90. The smallest absolute Gasteiger partial charge is 0.267 e. The number of carbonyl (C=O) groups excluding carboxylic acids is 1. The molecule has 4 aromatic rings. The highest BCUT2D eigenvalue weighted by Crippen LogP contribution is 2.19. The number of sulfonamides is 1. The van der Waals surface area contributed by atoms with Crippen LogP contribution >= 0.6 is 11.3 Å². The number of hydrogen-bond donors (Lipinski definition) is 2. The molecule has 3 aromatic heterocycles. The first-order valence-corrected chi connectivity index (χ1v) is 11.6. The highest BCUT2D eigenvalue weighted by Gasteiger charge is 2.16. The molecule has 4 rings (SSSR count). The van der Waals surface area contributed by atoms with E-state index in [4.69, 9.17) is 0 Å². The van der Waals surface area contributed by atoms with Gasteiger partial charge in [0, 0.05) is 41.3 Å². The Morgan fingerprint density at radius 1 is 1.00 bits per heavy atom. The third-order valence-corrected chi connectivity index (χ3v) is 6.41. The van der Waals surface area contributed by atoms with Crippen molar-refractivity contribution in [3.05, 3.63) is 82.9 Å². The first-order chi connectivity index (χ1) is 15.4. The molecule has 0 fully saturated rings. The van der Waals surface area contributed by atoms with Gasteiger partial charge in [-0.2, -0.15) is 5.10 Å². The zero-order chi connectivity index (χ0) is 22.6. The molecule has 0 saturated heterocycles. The first kappa shape index (κ1) is 21.3. The van der Waals surface area contributed by atoms with E-state index >= 15 is 0 Å². The van der Waals surface area contributed by atoms with Crippen molar-refractivity contribution in [3.63, 3.8) is 0 Å². The molecule has 0 aliphatic rings. The molecule has 0 bridgehead atoms. The van der Waals surface area contributed by atoms with Crippen LogP contribution in [0.2, 0.25) is 0 Å². The SMILES string of the molecule is O=C(Cn1nc(-c2ccncc2)ccc1=O)Nc1ccc(S(=O)(=O)Nc2nccs2)cc1. The van der Waals surface area contributed by atoms with Gasteiger partial charge in [0.05, 0.1) is 10.6 Å². The number of amides is 1. The van der Waals surface area contributed by atoms with Crippen LogP contribution in [0.15, 0.2) is 82.2 Å². The summed E-state index contributed by atoms with van der Waals surface area (Å²) in [5.41, 5.74) is 1.24. The second kappa shape index (κ2) is 9.08. The number of nitrogens with zero attached hydrogens (tertiary/aromatic N) is 4. The topological polar surface area (TPSA) is 136 Å². The van der Waals surface area contributed by atoms with Gasteiger partial charge in [-0.15, -0.1) is 11.3 Å². The molecule has 1 aromatic carbocycles. The predicted molar refractivity (Wildman–Crippen MR) is 120 cm³/mol. The zero-order valence-corrected chi connectivity index (χ0v) is 18.0. The molecular weight excluding hydrogens is 452 g/mol. The van der Waals surface area contributed by atoms with Crippen LogP contribution in [-0.2, 0) is 21.4 Å². The molecule has 0 radical (unpaired) electrons. The van der Waals surface area contributed by atoms with Gasteiger partial charge in [-0.3, -0.25) is 19.3 Å². The number of thiazole rings is 1. The lowest BCUT2D eigenvalue weighted by atomic mass is 10.2. The monoisotopic (exact) mass is 468 g/mol. The first-order valence-electron chi connectivity index (χ1n) is 9.21. The van der Waals surface area contributed by atoms with Gasteiger partial charge in [0.25, 0.3) is 15.6 Å². The highest BCUT2D eigenvalue weighted by molar-refractivity contribution is 7.93. The maximum atomic E-state index is 12.4. The van der Waals surface area contributed by atoms with Crippen LogP contribution in [0.5, 0.6) is 0 Å². The second-order valence-electron chi connectivity index (χ2n) is 6.47. The number of benzene rings is 1. The lowest BCUT2D eigenvalue weighted by Gasteiger charge is -2.09. The zero-order valence-electron chi connectivity index (χ0n) is 16.4. The van der Waals surface area contributed by atoms with Gasteiger partial charge in [0.2, 0.25) is 5.91 Å². The lowest BCUT2D eigenvalue weighted by Crippen LogP contribution is -2.29. The van der Waals surface area contributed by atoms with E-state index in [-0.39, 0.29) is 16.6 Å². The largest absolute Gasteiger partial charge is 0.324 e. The minimum absolute atomic E-state index is 0.0219. The molecular formula is C20H16N6O4S2. The van der Waals surface area contributed by atoms with E-state index in [1.54, 1.807) is 36.0 Å². The number of pyridine rings is 1. The fourth-order valence-electron chi connectivity index (χ4n) is 2.74. The maximum absolute atomic E-state index is 12.4. The molecule has 10 nitrogen and oxygen atoms in total. The van der Waals surface area contributed by atoms with Crippen molar-refractivity contribution < 1.29 is 13.2 Å². The molecule has 32 heavy (non-hydrogen) atoms. The minimum atomic E-state index is -3.79. The molecule has 12 heteroatoms. The number of anilines is 2. The van der Waals surface area contributed by atoms with Crippen molar-refractivity contribution in [3.8, 4) is 11.3 Å². The predicted octanol–water partition coefficient (Wildman–Crippen LogP) is 2.20. The quantitative estimate of drug-likeness (QED) is 0.424. The van der Waals surface area contributed by atoms with E-state index in [0.717, 1.165) is 21.6 Å². The van der Waals surface area contributed by atoms with Crippen LogP contribution in [-0.4, -0.2) is 34.1 Å². The molecule has 1 amide bonds. The Balaban J connectivity index is 1.44. The summed E-state index contributed by atoms with van der Waals surface area (Å²) in [6.45, 7) is -0.302. The van der Waals surface area contributed by atoms with E-state index in [0.29, 0.717) is 11.4 Å². The molecule has 0 aliphatic carbocycles. The van der Waals surface area contributed by atoms with E-state index < -0.39 is 21.5 Å². The molecule has 0 atom stereocenters. The second-order valence-corrected chi connectivity index (χ2v) is 9.04. The number of rotatable bonds is 7. The molecule has 2 N–H and O–H groups in total. The molecule has 0 aliphatic heterocycles. The summed E-state index contributed by atoms with van der Waals surface area (Å²) in [7, 11) is -3.79. The van der Waals surface area contributed by atoms with Crippen LogP contribution in [0, 0.1) is 0 Å². The van der Waals surface area contributed by atoms with Gasteiger partial charge in [-0.05, 0) is 42.5 Å². The Morgan fingerprint density at radius 2 is 1.75 bits per heavy atom. The van der Waals surface area contributed by atoms with Crippen LogP contribution in [0.3, 0.4) is 0 Å². The van der Waals surface area contributed by atoms with E-state index in [2.05, 4.69) is 25.1 Å². The summed E-state index contributed by atoms with van der Waals surface area (Å²) in [6.07, 6.45) is 4.71. The Labute approximate surface area is 186 Å². The molecule has 0 unspecified atom stereocenters. The van der Waals surface area contributed by atoms with Gasteiger partial charge in [-0.1, -0.05) is 0 Å². The third kappa shape index (κ3) is 5.04. The average Bonchev–Trinajstić information content (AvgIpc) is 3.28. The van der Waals surface area contributed by atoms with Crippen LogP contribution in [0.1, 0.15) is 0 Å². The van der Waals surface area contributed by atoms with Gasteiger partial charge >= 0.3 is 0 Å². The number of aromatic nitrogens is 4. The lowest BCUT2D eigenvalue weighted by molar-refractivity contribution is -0.117. The van der Waals surface area contributed by atoms with Crippen molar-refractivity contribution in [1.82, 2.24) is 19.7 Å². The Kier molecular flexibility index (Phi) is 6.05. The van der Waals surface area contributed by atoms with E-state index in [1.165, 1.54) is 36.5 Å². The van der Waals surface area contributed by atoms with Crippen LogP contribution in [0.4, 0.5) is 10.8 Å². The highest BCUT2D eigenvalue weighted by atomic mass is 32.2. The van der Waals surface area contributed by atoms with Crippen LogP contribution in [0.25, 0.3) is 11.3 Å². The van der Waals surface area contributed by atoms with Crippen molar-refractivity contribution >= 4 is 38.1 Å². The van der Waals surface area contributed by atoms with E-state index in [1.807, 2.05) is 0 Å². The maximum Gasteiger partial charge on any atom is 0.267 e. The fraction of sp³-hybridized carbons (Fsp3) is 0.0500. The Bertz CT molecular complexity index is 1390. The summed E-state index contributed by atoms with van der Waals surface area (Å²) in [5.74, 6) is -0.483. The van der Waals surface area contributed by atoms with Crippen molar-refractivity contribution in [2.45, 2.75) is 11.4 Å². The number of carbonyl (C=O) groups is 1. The van der Waals surface area contributed by atoms with E-state index in [9.17, 15) is 18.0 Å². The van der Waals surface area contributed by atoms with Gasteiger partial charge in [0.1, 0.15) is 6.54 Å². The van der Waals surface area contributed by atoms with Gasteiger partial charge in [0.15, 0.2) is 5.13 Å².